The van der Waals surface area contributed by atoms with Gasteiger partial charge in [-0.1, -0.05) is 83.1 Å². The second-order valence-corrected chi connectivity index (χ2v) is 10.6. The maximum absolute atomic E-state index is 6.17. The van der Waals surface area contributed by atoms with Crippen molar-refractivity contribution in [3.05, 3.63) is 34.9 Å². The van der Waals surface area contributed by atoms with E-state index in [1.54, 1.807) is 0 Å². The molecule has 0 spiro atoms. The Kier molecular flexibility index (Phi) is 5.01. The molecule has 1 aromatic rings. The Hall–Kier alpha value is 1.24. The summed E-state index contributed by atoms with van der Waals surface area (Å²) in [5, 5.41) is 0.741. The number of halogens is 5. The van der Waals surface area contributed by atoms with E-state index in [2.05, 4.69) is 47.8 Å². The predicted molar refractivity (Wildman–Crippen MR) is 78.9 cm³/mol. The highest BCUT2D eigenvalue weighted by Gasteiger charge is 2.41. The average Bonchev–Trinajstić information content (AvgIpc) is 2.06. The van der Waals surface area contributed by atoms with E-state index in [0.29, 0.717) is 0 Å². The first-order chi connectivity index (χ1) is 6.72. The normalized spacial score (nSPS) is 16.1. The maximum atomic E-state index is 6.17. The fourth-order valence-corrected chi connectivity index (χ4v) is 1.88. The van der Waals surface area contributed by atoms with Gasteiger partial charge in [-0.15, -0.1) is 0 Å². The fourth-order valence-electron chi connectivity index (χ4n) is 1.09. The van der Waals surface area contributed by atoms with E-state index < -0.39 is 2.69 Å². The lowest BCUT2D eigenvalue weighted by Gasteiger charge is -2.31. The second-order valence-electron chi connectivity index (χ2n) is 3.50. The van der Waals surface area contributed by atoms with Gasteiger partial charge in [0.25, 0.3) is 0 Å². The molecule has 0 aromatic heterocycles. The number of rotatable bonds is 3. The van der Waals surface area contributed by atoms with Crippen LogP contribution in [0.5, 0.6) is 0 Å². The van der Waals surface area contributed by atoms with Crippen molar-refractivity contribution in [2.24, 2.45) is 0 Å². The van der Waals surface area contributed by atoms with E-state index in [0.717, 1.165) is 11.4 Å². The summed E-state index contributed by atoms with van der Waals surface area (Å²) in [4.78, 5) is 0. The Morgan fingerprint density at radius 2 is 1.60 bits per heavy atom. The lowest BCUT2D eigenvalue weighted by atomic mass is 10.0. The first-order valence-electron chi connectivity index (χ1n) is 4.22. The third kappa shape index (κ3) is 4.19. The van der Waals surface area contributed by atoms with Crippen LogP contribution >= 0.6 is 71.0 Å². The molecular weight excluding hydrogens is 431 g/mol. The minimum atomic E-state index is -0.674. The monoisotopic (exact) mass is 436 g/mol. The fraction of sp³-hybridized carbons (Fsp3) is 0.400. The van der Waals surface area contributed by atoms with Crippen LogP contribution in [0.25, 0.3) is 0 Å². The van der Waals surface area contributed by atoms with Crippen molar-refractivity contribution in [2.75, 3.05) is 0 Å². The van der Waals surface area contributed by atoms with Gasteiger partial charge in [-0.25, -0.2) is 0 Å². The van der Waals surface area contributed by atoms with Crippen LogP contribution in [0.4, 0.5) is 0 Å². The quantitative estimate of drug-likeness (QED) is 0.529. The third-order valence-corrected chi connectivity index (χ3v) is 6.63. The molecule has 5 heteroatoms. The molecule has 0 heterocycles. The summed E-state index contributed by atoms with van der Waals surface area (Å²) in [6, 6.07) is 7.73. The van der Waals surface area contributed by atoms with Gasteiger partial charge in [-0.05, 0) is 31.0 Å². The van der Waals surface area contributed by atoms with E-state index >= 15 is 0 Å². The van der Waals surface area contributed by atoms with Gasteiger partial charge >= 0.3 is 0 Å². The van der Waals surface area contributed by atoms with Gasteiger partial charge in [-0.2, -0.15) is 0 Å². The first kappa shape index (κ1) is 14.3. The van der Waals surface area contributed by atoms with Crippen molar-refractivity contribution in [2.45, 2.75) is 20.4 Å². The van der Waals surface area contributed by atoms with Crippen LogP contribution < -0.4 is 0 Å². The van der Waals surface area contributed by atoms with Gasteiger partial charge in [0.2, 0.25) is 0 Å². The Bertz CT molecular complexity index is 328. The molecular formula is C10H9Br3Cl2. The van der Waals surface area contributed by atoms with Crippen LogP contribution in [0.2, 0.25) is 5.02 Å². The van der Waals surface area contributed by atoms with Gasteiger partial charge in [-0.3, -0.25) is 0 Å². The average molecular weight is 440 g/mol. The molecule has 84 valence electrons. The zero-order valence-corrected chi connectivity index (χ0v) is 14.2. The summed E-state index contributed by atoms with van der Waals surface area (Å²) in [6.45, 7) is 2.01. The Morgan fingerprint density at radius 1 is 1.13 bits per heavy atom. The highest BCUT2D eigenvalue weighted by molar-refractivity contribution is 9.27. The lowest BCUT2D eigenvalue weighted by molar-refractivity contribution is 0.694. The van der Waals surface area contributed by atoms with Crippen molar-refractivity contribution < 1.29 is 0 Å². The number of benzene rings is 1. The SMILES string of the molecule is CC(Br)(Cc1ccc(Cl)cc1)C(Cl)(Br)Br. The molecule has 0 radical (unpaired) electrons. The lowest BCUT2D eigenvalue weighted by Crippen LogP contribution is -2.34. The van der Waals surface area contributed by atoms with Gasteiger partial charge in [0.15, 0.2) is 2.69 Å². The van der Waals surface area contributed by atoms with Crippen molar-refractivity contribution in [1.29, 1.82) is 0 Å². The molecule has 0 fully saturated rings. The molecule has 0 aliphatic carbocycles. The minimum Gasteiger partial charge on any atom is -0.0924 e. The highest BCUT2D eigenvalue weighted by Crippen LogP contribution is 2.48. The number of hydrogen-bond donors (Lipinski definition) is 0. The minimum absolute atomic E-state index is 0.296. The topological polar surface area (TPSA) is 0 Å². The second kappa shape index (κ2) is 5.26. The third-order valence-electron chi connectivity index (χ3n) is 2.04. The molecule has 0 N–H and O–H groups in total. The highest BCUT2D eigenvalue weighted by atomic mass is 79.9. The van der Waals surface area contributed by atoms with Crippen molar-refractivity contribution >= 4 is 71.0 Å². The molecule has 0 saturated carbocycles. The van der Waals surface area contributed by atoms with Crippen LogP contribution in [0, 0.1) is 0 Å². The molecule has 0 saturated heterocycles. The van der Waals surface area contributed by atoms with Crippen LogP contribution in [-0.4, -0.2) is 7.02 Å². The van der Waals surface area contributed by atoms with Crippen molar-refractivity contribution in [3.63, 3.8) is 0 Å². The van der Waals surface area contributed by atoms with Gasteiger partial charge < -0.3 is 0 Å². The largest absolute Gasteiger partial charge is 0.168 e. The molecule has 1 rings (SSSR count). The maximum Gasteiger partial charge on any atom is 0.168 e. The summed E-state index contributed by atoms with van der Waals surface area (Å²) >= 11 is 22.3. The van der Waals surface area contributed by atoms with Crippen molar-refractivity contribution in [1.82, 2.24) is 0 Å². The molecule has 1 unspecified atom stereocenters. The molecule has 1 atom stereocenters. The smallest absolute Gasteiger partial charge is 0.0924 e. The Balaban J connectivity index is 2.82. The van der Waals surface area contributed by atoms with Gasteiger partial charge in [0.1, 0.15) is 0 Å². The van der Waals surface area contributed by atoms with Crippen LogP contribution in [-0.2, 0) is 6.42 Å². The molecule has 0 nitrogen and oxygen atoms in total. The molecule has 0 bridgehead atoms. The van der Waals surface area contributed by atoms with Crippen LogP contribution in [0.3, 0.4) is 0 Å². The molecule has 0 aliphatic heterocycles. The summed E-state index contributed by atoms with van der Waals surface area (Å²) in [6.07, 6.45) is 0.782. The zero-order valence-electron chi connectivity index (χ0n) is 7.91. The molecule has 0 amide bonds. The van der Waals surface area contributed by atoms with Crippen LogP contribution in [0.1, 0.15) is 12.5 Å². The molecule has 0 aliphatic rings. The Morgan fingerprint density at radius 3 is 2.00 bits per heavy atom. The van der Waals surface area contributed by atoms with E-state index in [-0.39, 0.29) is 4.32 Å². The summed E-state index contributed by atoms with van der Waals surface area (Å²) in [5.41, 5.74) is 1.17. The van der Waals surface area contributed by atoms with Gasteiger partial charge in [0, 0.05) is 5.02 Å². The Labute approximate surface area is 125 Å². The van der Waals surface area contributed by atoms with Crippen molar-refractivity contribution in [3.8, 4) is 0 Å². The number of hydrogen-bond acceptors (Lipinski definition) is 0. The zero-order chi connectivity index (χ0) is 11.7. The van der Waals surface area contributed by atoms with E-state index in [1.165, 1.54) is 5.56 Å². The predicted octanol–water partition coefficient (Wildman–Crippen LogP) is 5.72. The summed E-state index contributed by atoms with van der Waals surface area (Å²) < 4.78 is -0.970. The molecule has 15 heavy (non-hydrogen) atoms. The van der Waals surface area contributed by atoms with Crippen LogP contribution in [0.15, 0.2) is 24.3 Å². The number of alkyl halides is 4. The summed E-state index contributed by atoms with van der Waals surface area (Å²) in [5.74, 6) is 0. The molecule has 1 aromatic carbocycles. The van der Waals surface area contributed by atoms with E-state index in [1.807, 2.05) is 31.2 Å². The summed E-state index contributed by atoms with van der Waals surface area (Å²) in [7, 11) is 0. The van der Waals surface area contributed by atoms with E-state index in [9.17, 15) is 0 Å². The van der Waals surface area contributed by atoms with Gasteiger partial charge in [0.05, 0.1) is 4.32 Å². The standard InChI is InChI=1S/C10H9Br3Cl2/c1-9(11,10(12,13)15)6-7-2-4-8(14)5-3-7/h2-5H,6H2,1H3. The van der Waals surface area contributed by atoms with E-state index in [4.69, 9.17) is 23.2 Å². The first-order valence-corrected chi connectivity index (χ1v) is 7.36.